The summed E-state index contributed by atoms with van der Waals surface area (Å²) in [6.07, 6.45) is 2.23. The van der Waals surface area contributed by atoms with Crippen LogP contribution in [0.4, 0.5) is 0 Å². The summed E-state index contributed by atoms with van der Waals surface area (Å²) in [6.45, 7) is 7.26. The Morgan fingerprint density at radius 1 is 1.10 bits per heavy atom. The second kappa shape index (κ2) is 14.2. The Hall–Kier alpha value is -1.91. The van der Waals surface area contributed by atoms with Gasteiger partial charge in [0.05, 0.1) is 33.9 Å². The van der Waals surface area contributed by atoms with Gasteiger partial charge in [0, 0.05) is 43.9 Å². The number of halogens is 1. The Labute approximate surface area is 202 Å². The van der Waals surface area contributed by atoms with Crippen LogP contribution in [0.2, 0.25) is 0 Å². The van der Waals surface area contributed by atoms with E-state index < -0.39 is 0 Å². The minimum absolute atomic E-state index is 0. The van der Waals surface area contributed by atoms with Gasteiger partial charge in [0.1, 0.15) is 17.2 Å². The number of hydrogen-bond donors (Lipinski definition) is 1. The molecular formula is C22H36IN3O5. The molecule has 1 aromatic rings. The van der Waals surface area contributed by atoms with Crippen LogP contribution in [0.5, 0.6) is 17.2 Å². The van der Waals surface area contributed by atoms with Crippen molar-refractivity contribution in [1.29, 1.82) is 0 Å². The summed E-state index contributed by atoms with van der Waals surface area (Å²) in [5.74, 6) is 2.90. The highest BCUT2D eigenvalue weighted by Crippen LogP contribution is 2.34. The third-order valence-corrected chi connectivity index (χ3v) is 5.19. The molecule has 1 aliphatic heterocycles. The highest BCUT2D eigenvalue weighted by Gasteiger charge is 2.27. The van der Waals surface area contributed by atoms with Crippen molar-refractivity contribution < 1.29 is 23.7 Å². The molecule has 1 saturated heterocycles. The number of guanidine groups is 1. The van der Waals surface area contributed by atoms with Gasteiger partial charge < -0.3 is 29.2 Å². The molecule has 176 valence electrons. The fourth-order valence-corrected chi connectivity index (χ4v) is 3.61. The highest BCUT2D eigenvalue weighted by molar-refractivity contribution is 14.0. The lowest BCUT2D eigenvalue weighted by molar-refractivity contribution is -0.149. The number of esters is 1. The van der Waals surface area contributed by atoms with Crippen molar-refractivity contribution in [2.75, 3.05) is 54.1 Å². The van der Waals surface area contributed by atoms with E-state index in [1.807, 2.05) is 19.1 Å². The summed E-state index contributed by atoms with van der Waals surface area (Å²) in [7, 11) is 4.89. The van der Waals surface area contributed by atoms with Crippen LogP contribution in [0.1, 0.15) is 32.3 Å². The first-order valence-corrected chi connectivity index (χ1v) is 10.6. The van der Waals surface area contributed by atoms with Crippen LogP contribution in [0.15, 0.2) is 17.1 Å². The van der Waals surface area contributed by atoms with E-state index in [0.717, 1.165) is 55.5 Å². The summed E-state index contributed by atoms with van der Waals surface area (Å²) < 4.78 is 21.5. The average molecular weight is 549 g/mol. The fourth-order valence-electron chi connectivity index (χ4n) is 3.61. The van der Waals surface area contributed by atoms with E-state index in [4.69, 9.17) is 23.9 Å². The number of aliphatic imine (C=N–C) groups is 1. The van der Waals surface area contributed by atoms with Gasteiger partial charge in [0.25, 0.3) is 0 Å². The maximum atomic E-state index is 12.0. The van der Waals surface area contributed by atoms with Gasteiger partial charge in [-0.2, -0.15) is 0 Å². The molecule has 0 spiro atoms. The number of ether oxygens (including phenoxy) is 4. The van der Waals surface area contributed by atoms with Crippen molar-refractivity contribution in [2.24, 2.45) is 10.9 Å². The zero-order valence-corrected chi connectivity index (χ0v) is 21.6. The van der Waals surface area contributed by atoms with Gasteiger partial charge in [0.15, 0.2) is 5.96 Å². The van der Waals surface area contributed by atoms with E-state index in [-0.39, 0.29) is 35.9 Å². The van der Waals surface area contributed by atoms with E-state index in [2.05, 4.69) is 17.1 Å². The molecule has 0 unspecified atom stereocenters. The molecule has 0 aliphatic carbocycles. The van der Waals surface area contributed by atoms with Crippen LogP contribution in [-0.2, 0) is 16.0 Å². The first-order valence-electron chi connectivity index (χ1n) is 10.6. The summed E-state index contributed by atoms with van der Waals surface area (Å²) in [6, 6.07) is 3.71. The monoisotopic (exact) mass is 549 g/mol. The highest BCUT2D eigenvalue weighted by atomic mass is 127. The number of carbonyl (C=O) groups excluding carboxylic acids is 1. The molecule has 0 atom stereocenters. The Morgan fingerprint density at radius 3 is 2.19 bits per heavy atom. The van der Waals surface area contributed by atoms with Crippen molar-refractivity contribution in [1.82, 2.24) is 10.2 Å². The minimum atomic E-state index is -0.0854. The Kier molecular flexibility index (Phi) is 12.4. The Bertz CT molecular complexity index is 696. The molecule has 0 aromatic heterocycles. The van der Waals surface area contributed by atoms with Crippen molar-refractivity contribution in [3.8, 4) is 17.2 Å². The maximum absolute atomic E-state index is 12.0. The van der Waals surface area contributed by atoms with E-state index >= 15 is 0 Å². The third-order valence-electron chi connectivity index (χ3n) is 5.19. The Balaban J connectivity index is 0.00000480. The maximum Gasteiger partial charge on any atom is 0.309 e. The molecule has 0 radical (unpaired) electrons. The number of rotatable bonds is 9. The topological polar surface area (TPSA) is 81.6 Å². The van der Waals surface area contributed by atoms with Gasteiger partial charge in [0.2, 0.25) is 0 Å². The molecule has 1 fully saturated rings. The molecule has 31 heavy (non-hydrogen) atoms. The molecule has 9 heteroatoms. The smallest absolute Gasteiger partial charge is 0.309 e. The summed E-state index contributed by atoms with van der Waals surface area (Å²) in [5.41, 5.74) is 0.960. The van der Waals surface area contributed by atoms with Gasteiger partial charge in [-0.1, -0.05) is 0 Å². The molecular weight excluding hydrogens is 513 g/mol. The fraction of sp³-hybridized carbons (Fsp3) is 0.636. The van der Waals surface area contributed by atoms with Crippen molar-refractivity contribution in [2.45, 2.75) is 33.1 Å². The number of nitrogens with zero attached hydrogens (tertiary/aromatic N) is 2. The van der Waals surface area contributed by atoms with E-state index in [1.54, 1.807) is 21.3 Å². The zero-order valence-electron chi connectivity index (χ0n) is 19.2. The normalized spacial score (nSPS) is 14.5. The lowest BCUT2D eigenvalue weighted by Crippen LogP contribution is -2.46. The van der Waals surface area contributed by atoms with Crippen LogP contribution in [0, 0.1) is 5.92 Å². The molecule has 1 heterocycles. The Morgan fingerprint density at radius 2 is 1.71 bits per heavy atom. The number of benzene rings is 1. The molecule has 2 rings (SSSR count). The molecule has 0 bridgehead atoms. The average Bonchev–Trinajstić information content (AvgIpc) is 2.78. The third kappa shape index (κ3) is 7.62. The van der Waals surface area contributed by atoms with Gasteiger partial charge in [-0.3, -0.25) is 9.79 Å². The SMILES string of the molecule is CCNC(=NCCc1c(OC)cc(OC)cc1OC)N1CCC(C(=O)OCC)CC1.I. The van der Waals surface area contributed by atoms with Crippen molar-refractivity contribution >= 4 is 35.9 Å². The minimum Gasteiger partial charge on any atom is -0.496 e. The van der Waals surface area contributed by atoms with Crippen molar-refractivity contribution in [3.63, 3.8) is 0 Å². The van der Waals surface area contributed by atoms with Gasteiger partial charge >= 0.3 is 5.97 Å². The number of piperidine rings is 1. The van der Waals surface area contributed by atoms with E-state index in [9.17, 15) is 4.79 Å². The second-order valence-corrected chi connectivity index (χ2v) is 7.01. The summed E-state index contributed by atoms with van der Waals surface area (Å²) >= 11 is 0. The standard InChI is InChI=1S/C22H35N3O5.HI/c1-6-23-22(25-12-9-16(10-13-25)21(26)30-7-2)24-11-8-18-19(28-4)14-17(27-3)15-20(18)29-5;/h14-16H,6-13H2,1-5H3,(H,23,24);1H. The zero-order chi connectivity index (χ0) is 21.9. The van der Waals surface area contributed by atoms with Crippen molar-refractivity contribution in [3.05, 3.63) is 17.7 Å². The van der Waals surface area contributed by atoms with E-state index in [0.29, 0.717) is 25.3 Å². The molecule has 8 nitrogen and oxygen atoms in total. The van der Waals surface area contributed by atoms with Gasteiger partial charge in [-0.05, 0) is 33.1 Å². The first kappa shape index (κ1) is 27.1. The van der Waals surface area contributed by atoms with E-state index in [1.165, 1.54) is 0 Å². The second-order valence-electron chi connectivity index (χ2n) is 7.01. The molecule has 1 N–H and O–H groups in total. The van der Waals surface area contributed by atoms with Crippen LogP contribution in [0.25, 0.3) is 0 Å². The molecule has 1 aromatic carbocycles. The number of carbonyl (C=O) groups is 1. The summed E-state index contributed by atoms with van der Waals surface area (Å²) in [5, 5.41) is 3.36. The number of likely N-dealkylation sites (tertiary alicyclic amines) is 1. The summed E-state index contributed by atoms with van der Waals surface area (Å²) in [4.78, 5) is 19.0. The predicted molar refractivity (Wildman–Crippen MR) is 132 cm³/mol. The molecule has 0 saturated carbocycles. The van der Waals surface area contributed by atoms with Crippen LogP contribution in [-0.4, -0.2) is 70.9 Å². The molecule has 1 aliphatic rings. The lowest BCUT2D eigenvalue weighted by atomic mass is 9.97. The first-order chi connectivity index (χ1) is 14.6. The number of nitrogens with one attached hydrogen (secondary N) is 1. The van der Waals surface area contributed by atoms with Crippen LogP contribution in [0.3, 0.4) is 0 Å². The molecule has 0 amide bonds. The lowest BCUT2D eigenvalue weighted by Gasteiger charge is -2.33. The quantitative estimate of drug-likeness (QED) is 0.220. The van der Waals surface area contributed by atoms with Crippen LogP contribution >= 0.6 is 24.0 Å². The predicted octanol–water partition coefficient (Wildman–Crippen LogP) is 3.11. The number of methoxy groups -OCH3 is 3. The van der Waals surface area contributed by atoms with Gasteiger partial charge in [-0.15, -0.1) is 24.0 Å². The largest absolute Gasteiger partial charge is 0.496 e. The van der Waals surface area contributed by atoms with Crippen LogP contribution < -0.4 is 19.5 Å². The van der Waals surface area contributed by atoms with Gasteiger partial charge in [-0.25, -0.2) is 0 Å². The number of hydrogen-bond acceptors (Lipinski definition) is 6.